The normalized spacial score (nSPS) is 22.7. The zero-order chi connectivity index (χ0) is 20.0. The van der Waals surface area contributed by atoms with Crippen LogP contribution in [0.25, 0.3) is 11.4 Å². The number of hydrogen-bond donors (Lipinski definition) is 1. The molecule has 1 N–H and O–H groups in total. The van der Waals surface area contributed by atoms with Gasteiger partial charge >= 0.3 is 0 Å². The van der Waals surface area contributed by atoms with Gasteiger partial charge in [-0.25, -0.2) is 0 Å². The van der Waals surface area contributed by atoms with Gasteiger partial charge < -0.3 is 14.7 Å². The first-order valence-electron chi connectivity index (χ1n) is 9.56. The van der Waals surface area contributed by atoms with Gasteiger partial charge in [0.2, 0.25) is 5.82 Å². The minimum atomic E-state index is -0.465. The summed E-state index contributed by atoms with van der Waals surface area (Å²) in [4.78, 5) is 16.4. The van der Waals surface area contributed by atoms with E-state index in [1.54, 1.807) is 19.2 Å². The molecule has 3 heterocycles. The number of aryl methyl sites for hydroxylation is 1. The van der Waals surface area contributed by atoms with Crippen LogP contribution in [0, 0.1) is 5.41 Å². The quantitative estimate of drug-likeness (QED) is 0.727. The highest BCUT2D eigenvalue weighted by atomic mass is 16.5. The molecule has 1 saturated heterocycles. The number of rotatable bonds is 3. The first-order valence-corrected chi connectivity index (χ1v) is 9.56. The van der Waals surface area contributed by atoms with Gasteiger partial charge in [-0.3, -0.25) is 4.79 Å². The van der Waals surface area contributed by atoms with Crippen LogP contribution in [0.3, 0.4) is 0 Å². The van der Waals surface area contributed by atoms with Crippen LogP contribution in [0.15, 0.2) is 48.5 Å². The number of aliphatic hydroxyl groups is 1. The lowest BCUT2D eigenvalue weighted by Crippen LogP contribution is -2.42. The summed E-state index contributed by atoms with van der Waals surface area (Å²) in [6, 6.07) is 15.1. The molecule has 29 heavy (non-hydrogen) atoms. The zero-order valence-electron chi connectivity index (χ0n) is 16.0. The number of carbonyl (C=O) groups is 1. The summed E-state index contributed by atoms with van der Waals surface area (Å²) >= 11 is 0. The van der Waals surface area contributed by atoms with E-state index in [4.69, 9.17) is 4.74 Å². The average molecular weight is 391 g/mol. The highest BCUT2D eigenvalue weighted by molar-refractivity contribution is 5.95. The Balaban J connectivity index is 1.40. The van der Waals surface area contributed by atoms with E-state index in [2.05, 4.69) is 15.4 Å². The molecule has 3 aromatic rings. The molecule has 1 amide bonds. The largest absolute Gasteiger partial charge is 0.493 e. The number of amides is 1. The van der Waals surface area contributed by atoms with Crippen molar-refractivity contribution in [2.24, 2.45) is 12.5 Å². The molecule has 8 heteroatoms. The Morgan fingerprint density at radius 2 is 2.03 bits per heavy atom. The number of nitrogens with zero attached hydrogens (tertiary/aromatic N) is 5. The fraction of sp³-hybridized carbons (Fsp3) is 0.333. The molecule has 0 aliphatic carbocycles. The van der Waals surface area contributed by atoms with Gasteiger partial charge in [0.05, 0.1) is 25.7 Å². The highest BCUT2D eigenvalue weighted by Crippen LogP contribution is 2.49. The van der Waals surface area contributed by atoms with Crippen molar-refractivity contribution in [3.63, 3.8) is 0 Å². The van der Waals surface area contributed by atoms with Crippen LogP contribution in [0.4, 0.5) is 0 Å². The third-order valence-corrected chi connectivity index (χ3v) is 5.96. The van der Waals surface area contributed by atoms with Crippen LogP contribution in [0.1, 0.15) is 21.8 Å². The van der Waals surface area contributed by atoms with Crippen molar-refractivity contribution < 1.29 is 14.6 Å². The second-order valence-electron chi connectivity index (χ2n) is 7.77. The third kappa shape index (κ3) is 2.87. The third-order valence-electron chi connectivity index (χ3n) is 5.96. The van der Waals surface area contributed by atoms with E-state index in [0.717, 1.165) is 16.9 Å². The maximum absolute atomic E-state index is 13.2. The molecule has 148 valence electrons. The summed E-state index contributed by atoms with van der Waals surface area (Å²) < 4.78 is 5.91. The van der Waals surface area contributed by atoms with Crippen LogP contribution in [0.5, 0.6) is 5.75 Å². The number of ether oxygens (including phenoxy) is 1. The fourth-order valence-electron chi connectivity index (χ4n) is 4.37. The summed E-state index contributed by atoms with van der Waals surface area (Å²) in [6.45, 7) is 1.42. The molecule has 0 unspecified atom stereocenters. The van der Waals surface area contributed by atoms with Crippen molar-refractivity contribution in [3.8, 4) is 17.1 Å². The Kier molecular flexibility index (Phi) is 4.09. The molecular weight excluding hydrogens is 370 g/mol. The van der Waals surface area contributed by atoms with Crippen LogP contribution in [-0.4, -0.2) is 62.4 Å². The van der Waals surface area contributed by atoms with E-state index in [-0.39, 0.29) is 18.4 Å². The smallest absolute Gasteiger partial charge is 0.253 e. The van der Waals surface area contributed by atoms with E-state index in [1.165, 1.54) is 4.80 Å². The summed E-state index contributed by atoms with van der Waals surface area (Å²) in [5, 5.41) is 22.2. The van der Waals surface area contributed by atoms with E-state index in [0.29, 0.717) is 31.1 Å². The van der Waals surface area contributed by atoms with Crippen molar-refractivity contribution in [2.75, 3.05) is 26.3 Å². The summed E-state index contributed by atoms with van der Waals surface area (Å²) in [5.41, 5.74) is 2.00. The molecule has 0 spiro atoms. The maximum Gasteiger partial charge on any atom is 0.253 e. The van der Waals surface area contributed by atoms with Crippen LogP contribution < -0.4 is 4.74 Å². The van der Waals surface area contributed by atoms with Gasteiger partial charge in [0.25, 0.3) is 5.91 Å². The topological polar surface area (TPSA) is 93.4 Å². The molecule has 0 bridgehead atoms. The number of benzene rings is 2. The van der Waals surface area contributed by atoms with Gasteiger partial charge in [-0.05, 0) is 29.0 Å². The molecule has 2 atom stereocenters. The van der Waals surface area contributed by atoms with Crippen LogP contribution in [-0.2, 0) is 7.05 Å². The Labute approximate surface area is 167 Å². The number of tetrazole rings is 1. The van der Waals surface area contributed by atoms with E-state index in [9.17, 15) is 9.90 Å². The maximum atomic E-state index is 13.2. The molecule has 2 aliphatic heterocycles. The summed E-state index contributed by atoms with van der Waals surface area (Å²) in [6.07, 6.45) is 0. The van der Waals surface area contributed by atoms with Gasteiger partial charge in [-0.2, -0.15) is 4.80 Å². The fourth-order valence-corrected chi connectivity index (χ4v) is 4.37. The number of para-hydroxylation sites is 1. The molecule has 0 saturated carbocycles. The van der Waals surface area contributed by atoms with Gasteiger partial charge in [0, 0.05) is 30.1 Å². The molecule has 2 aromatic carbocycles. The van der Waals surface area contributed by atoms with Gasteiger partial charge in [0.1, 0.15) is 5.75 Å². The van der Waals surface area contributed by atoms with E-state index >= 15 is 0 Å². The summed E-state index contributed by atoms with van der Waals surface area (Å²) in [7, 11) is 1.71. The lowest BCUT2D eigenvalue weighted by molar-refractivity contribution is 0.0440. The van der Waals surface area contributed by atoms with Crippen LogP contribution >= 0.6 is 0 Å². The molecule has 2 aliphatic rings. The number of fused-ring (bicyclic) bond motifs is 3. The Hall–Kier alpha value is -3.26. The van der Waals surface area contributed by atoms with Crippen molar-refractivity contribution in [3.05, 3.63) is 59.7 Å². The molecule has 5 rings (SSSR count). The second kappa shape index (κ2) is 6.66. The van der Waals surface area contributed by atoms with Gasteiger partial charge in [-0.1, -0.05) is 30.3 Å². The van der Waals surface area contributed by atoms with Crippen molar-refractivity contribution in [1.29, 1.82) is 0 Å². The minimum Gasteiger partial charge on any atom is -0.493 e. The average Bonchev–Trinajstić information content (AvgIpc) is 3.38. The molecule has 8 nitrogen and oxygen atoms in total. The second-order valence-corrected chi connectivity index (χ2v) is 7.77. The predicted molar refractivity (Wildman–Crippen MR) is 104 cm³/mol. The number of likely N-dealkylation sites (tertiary alicyclic amines) is 1. The minimum absolute atomic E-state index is 0.0208. The monoisotopic (exact) mass is 391 g/mol. The lowest BCUT2D eigenvalue weighted by atomic mass is 9.74. The van der Waals surface area contributed by atoms with Gasteiger partial charge in [-0.15, -0.1) is 10.2 Å². The van der Waals surface area contributed by atoms with Crippen LogP contribution in [0.2, 0.25) is 0 Å². The van der Waals surface area contributed by atoms with Crippen molar-refractivity contribution >= 4 is 5.91 Å². The number of aromatic nitrogens is 4. The zero-order valence-corrected chi connectivity index (χ0v) is 16.0. The molecule has 0 radical (unpaired) electrons. The van der Waals surface area contributed by atoms with E-state index in [1.807, 2.05) is 41.3 Å². The molecule has 1 fully saturated rings. The van der Waals surface area contributed by atoms with Crippen molar-refractivity contribution in [2.45, 2.75) is 5.92 Å². The van der Waals surface area contributed by atoms with Crippen molar-refractivity contribution in [1.82, 2.24) is 25.1 Å². The standard InChI is InChI=1S/C21H21N5O3/c1-25-23-19(22-24-25)14-6-8-15(9-7-14)20(28)26-10-17-16-4-2-3-5-18(16)29-13-21(17,11-26)12-27/h2-9,17,27H,10-13H2,1H3/t17-,21-/m0/s1. The highest BCUT2D eigenvalue weighted by Gasteiger charge is 2.52. The lowest BCUT2D eigenvalue weighted by Gasteiger charge is -2.37. The molecule has 1 aromatic heterocycles. The first kappa shape index (κ1) is 17.8. The summed E-state index contributed by atoms with van der Waals surface area (Å²) in [5.74, 6) is 1.37. The molecular formula is C21H21N5O3. The number of carbonyl (C=O) groups excluding carboxylic acids is 1. The Morgan fingerprint density at radius 3 is 2.76 bits per heavy atom. The van der Waals surface area contributed by atoms with Gasteiger partial charge in [0.15, 0.2) is 0 Å². The Morgan fingerprint density at radius 1 is 1.24 bits per heavy atom. The van der Waals surface area contributed by atoms with E-state index < -0.39 is 5.41 Å². The first-order chi connectivity index (χ1) is 14.1. The number of hydrogen-bond acceptors (Lipinski definition) is 6. The predicted octanol–water partition coefficient (Wildman–Crippen LogP) is 1.49. The SMILES string of the molecule is Cn1nnc(-c2ccc(C(=O)N3C[C@H]4c5ccccc5OC[C@@]4(CO)C3)cc2)n1. The Bertz CT molecular complexity index is 1060. The number of aliphatic hydroxyl groups excluding tert-OH is 1.